The normalized spacial score (nSPS) is 10.4. The molecule has 1 amide bonds. The molecule has 6 heteroatoms. The molecule has 0 bridgehead atoms. The monoisotopic (exact) mass is 366 g/mol. The fraction of sp³-hybridized carbons (Fsp3) is 0.143. The minimum Gasteiger partial charge on any atom is -0.457 e. The second-order valence-corrected chi connectivity index (χ2v) is 5.99. The highest BCUT2D eigenvalue weighted by Gasteiger charge is 2.05. The number of pyridine rings is 1. The molecule has 27 heavy (non-hydrogen) atoms. The van der Waals surface area contributed by atoms with E-state index in [1.54, 1.807) is 54.7 Å². The number of nitrogens with one attached hydrogen (secondary N) is 1. The van der Waals surface area contributed by atoms with Crippen molar-refractivity contribution in [2.24, 2.45) is 0 Å². The summed E-state index contributed by atoms with van der Waals surface area (Å²) in [5, 5.41) is 11.8. The van der Waals surface area contributed by atoms with Crippen LogP contribution in [0.4, 0.5) is 10.1 Å². The van der Waals surface area contributed by atoms with Gasteiger partial charge in [-0.3, -0.25) is 9.78 Å². The van der Waals surface area contributed by atoms with Crippen molar-refractivity contribution in [1.82, 2.24) is 4.98 Å². The first-order chi connectivity index (χ1) is 13.1. The van der Waals surface area contributed by atoms with Gasteiger partial charge in [-0.2, -0.15) is 0 Å². The summed E-state index contributed by atoms with van der Waals surface area (Å²) in [5.41, 5.74) is 2.15. The van der Waals surface area contributed by atoms with Gasteiger partial charge >= 0.3 is 0 Å². The number of aliphatic hydroxyl groups is 1. The third-order valence-corrected chi connectivity index (χ3v) is 3.88. The van der Waals surface area contributed by atoms with E-state index in [-0.39, 0.29) is 18.9 Å². The van der Waals surface area contributed by atoms with Crippen molar-refractivity contribution in [3.05, 3.63) is 83.9 Å². The molecule has 5 nitrogen and oxygen atoms in total. The van der Waals surface area contributed by atoms with Crippen LogP contribution >= 0.6 is 0 Å². The summed E-state index contributed by atoms with van der Waals surface area (Å²) in [6.45, 7) is -0.00952. The van der Waals surface area contributed by atoms with Gasteiger partial charge in [-0.15, -0.1) is 0 Å². The maximum atomic E-state index is 13.1. The Bertz CT molecular complexity index is 896. The maximum absolute atomic E-state index is 13.1. The van der Waals surface area contributed by atoms with Crippen LogP contribution in [0.1, 0.15) is 17.5 Å². The molecule has 2 aromatic carbocycles. The third kappa shape index (κ3) is 5.62. The topological polar surface area (TPSA) is 71.5 Å². The highest BCUT2D eigenvalue weighted by molar-refractivity contribution is 5.90. The minimum absolute atomic E-state index is 0.00952. The largest absolute Gasteiger partial charge is 0.457 e. The van der Waals surface area contributed by atoms with Crippen molar-refractivity contribution in [1.29, 1.82) is 0 Å². The van der Waals surface area contributed by atoms with Crippen LogP contribution < -0.4 is 10.1 Å². The molecule has 3 aromatic rings. The minimum atomic E-state index is -0.408. The lowest BCUT2D eigenvalue weighted by molar-refractivity contribution is -0.116. The lowest BCUT2D eigenvalue weighted by Gasteiger charge is -2.09. The zero-order chi connectivity index (χ0) is 19.1. The molecule has 2 N–H and O–H groups in total. The molecule has 3 rings (SSSR count). The number of anilines is 1. The Hall–Kier alpha value is -3.25. The zero-order valence-electron chi connectivity index (χ0n) is 14.6. The van der Waals surface area contributed by atoms with Gasteiger partial charge in [0.1, 0.15) is 17.3 Å². The standard InChI is InChI=1S/C21H19FN2O3/c22-17-11-16(12-23-13-17)3-10-21(26)24-18-4-8-20(9-5-18)27-19-6-1-15(14-25)2-7-19/h1-2,4-9,11-13,25H,3,10,14H2,(H,24,26). The number of aromatic nitrogens is 1. The lowest BCUT2D eigenvalue weighted by Crippen LogP contribution is -2.12. The van der Waals surface area contributed by atoms with Gasteiger partial charge in [0, 0.05) is 18.3 Å². The van der Waals surface area contributed by atoms with Crippen LogP contribution in [0.25, 0.3) is 0 Å². The third-order valence-electron chi connectivity index (χ3n) is 3.88. The molecule has 0 fully saturated rings. The first-order valence-electron chi connectivity index (χ1n) is 8.49. The van der Waals surface area contributed by atoms with Gasteiger partial charge in [-0.25, -0.2) is 4.39 Å². The summed E-state index contributed by atoms with van der Waals surface area (Å²) in [5.74, 6) is 0.727. The van der Waals surface area contributed by atoms with E-state index in [0.29, 0.717) is 29.2 Å². The molecule has 1 aromatic heterocycles. The number of hydrogen-bond acceptors (Lipinski definition) is 4. The molecule has 0 aliphatic carbocycles. The van der Waals surface area contributed by atoms with Crippen LogP contribution in [0, 0.1) is 5.82 Å². The Morgan fingerprint density at radius 3 is 2.30 bits per heavy atom. The molecule has 138 valence electrons. The number of ether oxygens (including phenoxy) is 1. The van der Waals surface area contributed by atoms with Gasteiger partial charge in [-0.05, 0) is 60.0 Å². The number of rotatable bonds is 7. The molecule has 0 radical (unpaired) electrons. The van der Waals surface area contributed by atoms with E-state index in [4.69, 9.17) is 9.84 Å². The van der Waals surface area contributed by atoms with E-state index in [9.17, 15) is 9.18 Å². The first kappa shape index (κ1) is 18.5. The molecule has 0 spiro atoms. The van der Waals surface area contributed by atoms with Crippen molar-refractivity contribution >= 4 is 11.6 Å². The molecule has 0 saturated carbocycles. The van der Waals surface area contributed by atoms with Crippen LogP contribution in [-0.4, -0.2) is 16.0 Å². The van der Waals surface area contributed by atoms with E-state index in [2.05, 4.69) is 10.3 Å². The van der Waals surface area contributed by atoms with Crippen LogP contribution in [0.5, 0.6) is 11.5 Å². The summed E-state index contributed by atoms with van der Waals surface area (Å²) in [4.78, 5) is 15.8. The van der Waals surface area contributed by atoms with Gasteiger partial charge in [0.2, 0.25) is 5.91 Å². The first-order valence-corrected chi connectivity index (χ1v) is 8.49. The Morgan fingerprint density at radius 2 is 1.67 bits per heavy atom. The second-order valence-electron chi connectivity index (χ2n) is 5.99. The Kier molecular flexibility index (Phi) is 6.12. The molecular formula is C21H19FN2O3. The summed E-state index contributed by atoms with van der Waals surface area (Å²) in [6.07, 6.45) is 3.34. The molecule has 0 unspecified atom stereocenters. The SMILES string of the molecule is O=C(CCc1cncc(F)c1)Nc1ccc(Oc2ccc(CO)cc2)cc1. The van der Waals surface area contributed by atoms with Crippen molar-refractivity contribution in [2.45, 2.75) is 19.4 Å². The fourth-order valence-electron chi connectivity index (χ4n) is 2.48. The summed E-state index contributed by atoms with van der Waals surface area (Å²) >= 11 is 0. The highest BCUT2D eigenvalue weighted by atomic mass is 19.1. The number of carbonyl (C=O) groups is 1. The van der Waals surface area contributed by atoms with Crippen LogP contribution in [-0.2, 0) is 17.8 Å². The van der Waals surface area contributed by atoms with Gasteiger partial charge in [0.15, 0.2) is 0 Å². The number of nitrogens with zero attached hydrogens (tertiary/aromatic N) is 1. The molecule has 1 heterocycles. The Morgan fingerprint density at radius 1 is 1.00 bits per heavy atom. The molecule has 0 saturated heterocycles. The smallest absolute Gasteiger partial charge is 0.224 e. The molecule has 0 aliphatic rings. The number of halogens is 1. The van der Waals surface area contributed by atoms with E-state index < -0.39 is 5.82 Å². The molecule has 0 atom stereocenters. The number of amides is 1. The number of hydrogen-bond donors (Lipinski definition) is 2. The predicted molar refractivity (Wildman–Crippen MR) is 100 cm³/mol. The van der Waals surface area contributed by atoms with E-state index in [1.807, 2.05) is 0 Å². The Balaban J connectivity index is 1.51. The van der Waals surface area contributed by atoms with Gasteiger partial charge in [0.05, 0.1) is 12.8 Å². The van der Waals surface area contributed by atoms with Crippen molar-refractivity contribution < 1.29 is 19.0 Å². The summed E-state index contributed by atoms with van der Waals surface area (Å²) in [7, 11) is 0. The lowest BCUT2D eigenvalue weighted by atomic mass is 10.1. The van der Waals surface area contributed by atoms with Gasteiger partial charge in [-0.1, -0.05) is 12.1 Å². The quantitative estimate of drug-likeness (QED) is 0.661. The van der Waals surface area contributed by atoms with Crippen molar-refractivity contribution in [3.63, 3.8) is 0 Å². The van der Waals surface area contributed by atoms with Gasteiger partial charge in [0.25, 0.3) is 0 Å². The van der Waals surface area contributed by atoms with Crippen molar-refractivity contribution in [2.75, 3.05) is 5.32 Å². The fourth-order valence-corrected chi connectivity index (χ4v) is 2.48. The predicted octanol–water partition coefficient (Wildman–Crippen LogP) is 4.08. The van der Waals surface area contributed by atoms with Crippen LogP contribution in [0.2, 0.25) is 0 Å². The number of aryl methyl sites for hydroxylation is 1. The van der Waals surface area contributed by atoms with E-state index in [0.717, 1.165) is 11.8 Å². The summed E-state index contributed by atoms with van der Waals surface area (Å²) in [6, 6.07) is 15.5. The number of aliphatic hydroxyl groups excluding tert-OH is 1. The average Bonchev–Trinajstić information content (AvgIpc) is 2.69. The number of benzene rings is 2. The van der Waals surface area contributed by atoms with Crippen LogP contribution in [0.3, 0.4) is 0 Å². The molecule has 0 aliphatic heterocycles. The molecular weight excluding hydrogens is 347 g/mol. The van der Waals surface area contributed by atoms with Crippen LogP contribution in [0.15, 0.2) is 67.0 Å². The summed E-state index contributed by atoms with van der Waals surface area (Å²) < 4.78 is 18.8. The maximum Gasteiger partial charge on any atom is 0.224 e. The highest BCUT2D eigenvalue weighted by Crippen LogP contribution is 2.23. The Labute approximate surface area is 156 Å². The van der Waals surface area contributed by atoms with E-state index >= 15 is 0 Å². The average molecular weight is 366 g/mol. The zero-order valence-corrected chi connectivity index (χ0v) is 14.6. The van der Waals surface area contributed by atoms with Gasteiger partial charge < -0.3 is 15.2 Å². The second kappa shape index (κ2) is 8.91. The van der Waals surface area contributed by atoms with Crippen molar-refractivity contribution in [3.8, 4) is 11.5 Å². The van der Waals surface area contributed by atoms with E-state index in [1.165, 1.54) is 6.07 Å². The number of carbonyl (C=O) groups excluding carboxylic acids is 1.